The molecule has 5 aliphatic rings. The maximum Gasteiger partial charge on any atom is 0.234 e. The van der Waals surface area contributed by atoms with Crippen molar-refractivity contribution in [3.8, 4) is 0 Å². The molecule has 0 unspecified atom stereocenters. The summed E-state index contributed by atoms with van der Waals surface area (Å²) in [4.78, 5) is 59.0. The third-order valence-electron chi connectivity index (χ3n) is 11.9. The van der Waals surface area contributed by atoms with Crippen molar-refractivity contribution >= 4 is 43.3 Å². The smallest absolute Gasteiger partial charge is 0.234 e. The summed E-state index contributed by atoms with van der Waals surface area (Å²) in [6.45, 7) is 7.56. The zero-order valence-corrected chi connectivity index (χ0v) is 37.5. The van der Waals surface area contributed by atoms with Crippen LogP contribution in [0.25, 0.3) is 0 Å². The molecule has 2 aromatic rings. The Balaban J connectivity index is 0.664. The standard InChI is InChI=1S/C38H58N10O14S2/c49-35-31-32(36(50)47(35)3-11-59-15-19-61-17-13-57-9-1-45-27-29(39-41-45)25-43-5-21-63(53,54)22-6-43)34-33(31)37(51)48(38(34)52)4-12-60-16-20-62-18-14-58-10-2-46-28-30(40-42-46)26-44-7-23-64(55,56)24-8-44/h27-28,31-34H,1-26H2. The van der Waals surface area contributed by atoms with E-state index in [1.165, 1.54) is 0 Å². The number of ether oxygens (including phenoxy) is 6. The maximum absolute atomic E-state index is 13.2. The molecule has 64 heavy (non-hydrogen) atoms. The normalized spacial score (nSPS) is 24.4. The molecule has 2 aromatic heterocycles. The van der Waals surface area contributed by atoms with Crippen molar-refractivity contribution in [3.63, 3.8) is 0 Å². The average Bonchev–Trinajstić information content (AvgIpc) is 3.99. The van der Waals surface area contributed by atoms with Gasteiger partial charge in [0.2, 0.25) is 23.6 Å². The molecule has 0 N–H and O–H groups in total. The number of sulfone groups is 2. The minimum atomic E-state index is -2.93. The average molecular weight is 943 g/mol. The molecule has 7 rings (SSSR count). The number of hydrogen-bond acceptors (Lipinski definition) is 20. The highest BCUT2D eigenvalue weighted by Crippen LogP contribution is 2.56. The van der Waals surface area contributed by atoms with Crippen LogP contribution in [0.4, 0.5) is 0 Å². The van der Waals surface area contributed by atoms with Crippen molar-refractivity contribution in [1.29, 1.82) is 0 Å². The van der Waals surface area contributed by atoms with Gasteiger partial charge in [0.25, 0.3) is 0 Å². The van der Waals surface area contributed by atoms with Gasteiger partial charge in [-0.2, -0.15) is 0 Å². The molecular formula is C38H58N10O14S2. The number of imide groups is 2. The first kappa shape index (κ1) is 48.1. The van der Waals surface area contributed by atoms with Gasteiger partial charge >= 0.3 is 0 Å². The molecule has 0 spiro atoms. The molecule has 356 valence electrons. The molecular weight excluding hydrogens is 885 g/mol. The van der Waals surface area contributed by atoms with E-state index in [-0.39, 0.29) is 75.7 Å². The molecule has 4 aliphatic heterocycles. The van der Waals surface area contributed by atoms with Crippen molar-refractivity contribution in [1.82, 2.24) is 49.6 Å². The quantitative estimate of drug-likeness (QED) is 0.0588. The van der Waals surface area contributed by atoms with Gasteiger partial charge in [0.1, 0.15) is 0 Å². The van der Waals surface area contributed by atoms with Crippen molar-refractivity contribution in [2.75, 3.05) is 142 Å². The first-order valence-corrected chi connectivity index (χ1v) is 25.3. The number of amides is 4. The van der Waals surface area contributed by atoms with Crippen LogP contribution in [0.3, 0.4) is 0 Å². The van der Waals surface area contributed by atoms with Gasteiger partial charge in [-0.05, 0) is 0 Å². The monoisotopic (exact) mass is 942 g/mol. The van der Waals surface area contributed by atoms with Crippen LogP contribution in [0.2, 0.25) is 0 Å². The lowest BCUT2D eigenvalue weighted by Crippen LogP contribution is -2.50. The first-order valence-electron chi connectivity index (χ1n) is 21.7. The third kappa shape index (κ3) is 12.7. The molecule has 4 saturated heterocycles. The van der Waals surface area contributed by atoms with Gasteiger partial charge in [-0.3, -0.25) is 38.8 Å². The fourth-order valence-electron chi connectivity index (χ4n) is 8.38. The van der Waals surface area contributed by atoms with E-state index >= 15 is 0 Å². The second kappa shape index (κ2) is 22.6. The van der Waals surface area contributed by atoms with Crippen LogP contribution in [0.15, 0.2) is 12.4 Å². The summed E-state index contributed by atoms with van der Waals surface area (Å²) in [6, 6.07) is 0. The number of rotatable bonds is 28. The second-order valence-electron chi connectivity index (χ2n) is 16.2. The fourth-order valence-corrected chi connectivity index (χ4v) is 10.9. The molecule has 24 nitrogen and oxygen atoms in total. The summed E-state index contributed by atoms with van der Waals surface area (Å²) in [7, 11) is -5.86. The highest BCUT2D eigenvalue weighted by molar-refractivity contribution is 7.91. The number of carbonyl (C=O) groups is 4. The van der Waals surface area contributed by atoms with Crippen LogP contribution >= 0.6 is 0 Å². The van der Waals surface area contributed by atoms with Crippen molar-refractivity contribution < 1.29 is 64.4 Å². The Morgan fingerprint density at radius 1 is 0.438 bits per heavy atom. The van der Waals surface area contributed by atoms with E-state index in [1.807, 2.05) is 22.2 Å². The van der Waals surface area contributed by atoms with Crippen LogP contribution < -0.4 is 0 Å². The second-order valence-corrected chi connectivity index (χ2v) is 20.8. The number of aromatic nitrogens is 6. The first-order chi connectivity index (χ1) is 30.9. The van der Waals surface area contributed by atoms with Crippen molar-refractivity contribution in [2.24, 2.45) is 23.7 Å². The Hall–Kier alpha value is -3.86. The highest BCUT2D eigenvalue weighted by Gasteiger charge is 2.73. The number of fused-ring (bicyclic) bond motifs is 4. The van der Waals surface area contributed by atoms with E-state index in [4.69, 9.17) is 28.4 Å². The summed E-state index contributed by atoms with van der Waals surface area (Å²) >= 11 is 0. The van der Waals surface area contributed by atoms with Crippen LogP contribution in [0.1, 0.15) is 11.4 Å². The SMILES string of the molecule is O=C1C2C(C(=O)N1CCOCCOCCOCCn1cc(CN3CCS(=O)(=O)CC3)nn1)C1C(=O)N(CCOCCOCCOCCn3cc(CN4CCS(=O)(=O)CC4)nn3)C(=O)C21. The molecule has 0 atom stereocenters. The highest BCUT2D eigenvalue weighted by atomic mass is 32.2. The van der Waals surface area contributed by atoms with Crippen molar-refractivity contribution in [3.05, 3.63) is 23.8 Å². The number of nitrogens with zero attached hydrogens (tertiary/aromatic N) is 10. The van der Waals surface area contributed by atoms with Crippen LogP contribution in [-0.4, -0.2) is 232 Å². The molecule has 0 aromatic carbocycles. The lowest BCUT2D eigenvalue weighted by molar-refractivity contribution is -0.146. The molecule has 0 radical (unpaired) electrons. The van der Waals surface area contributed by atoms with Crippen LogP contribution in [0, 0.1) is 23.7 Å². The van der Waals surface area contributed by atoms with Gasteiger partial charge < -0.3 is 28.4 Å². The van der Waals surface area contributed by atoms with Crippen LogP contribution in [-0.2, 0) is 93.5 Å². The van der Waals surface area contributed by atoms with Crippen molar-refractivity contribution in [2.45, 2.75) is 26.2 Å². The number of hydrogen-bond donors (Lipinski definition) is 0. The molecule has 26 heteroatoms. The zero-order chi connectivity index (χ0) is 45.1. The zero-order valence-electron chi connectivity index (χ0n) is 35.9. The van der Waals surface area contributed by atoms with E-state index in [1.54, 1.807) is 9.36 Å². The summed E-state index contributed by atoms with van der Waals surface area (Å²) in [5.74, 6) is -4.49. The number of carbonyl (C=O) groups excluding carboxylic acids is 4. The lowest BCUT2D eigenvalue weighted by atomic mass is 9.59. The Labute approximate surface area is 371 Å². The largest absolute Gasteiger partial charge is 0.377 e. The molecule has 1 saturated carbocycles. The predicted molar refractivity (Wildman–Crippen MR) is 220 cm³/mol. The van der Waals surface area contributed by atoms with E-state index in [0.29, 0.717) is 92.0 Å². The Kier molecular flexibility index (Phi) is 16.9. The summed E-state index contributed by atoms with van der Waals surface area (Å²) in [5, 5.41) is 16.5. The van der Waals surface area contributed by atoms with Crippen LogP contribution in [0.5, 0.6) is 0 Å². The van der Waals surface area contributed by atoms with E-state index in [2.05, 4.69) is 20.6 Å². The topological polar surface area (TPSA) is 266 Å². The van der Waals surface area contributed by atoms with Gasteiger partial charge in [-0.15, -0.1) is 10.2 Å². The summed E-state index contributed by atoms with van der Waals surface area (Å²) in [6.07, 6.45) is 3.65. The minimum Gasteiger partial charge on any atom is -0.377 e. The van der Waals surface area contributed by atoms with Gasteiger partial charge in [0.05, 0.1) is 164 Å². The fraction of sp³-hybridized carbons (Fsp3) is 0.789. The maximum atomic E-state index is 13.2. The Morgan fingerprint density at radius 3 is 1.03 bits per heavy atom. The van der Waals surface area contributed by atoms with Gasteiger partial charge in [-0.25, -0.2) is 26.2 Å². The molecule has 4 amide bonds. The Bertz CT molecular complexity index is 1910. The number of likely N-dealkylation sites (tertiary alicyclic amines) is 2. The van der Waals surface area contributed by atoms with Gasteiger partial charge in [0, 0.05) is 51.7 Å². The molecule has 6 heterocycles. The minimum absolute atomic E-state index is 0.0216. The summed E-state index contributed by atoms with van der Waals surface area (Å²) < 4.78 is 83.3. The van der Waals surface area contributed by atoms with Gasteiger partial charge in [0.15, 0.2) is 19.7 Å². The molecule has 0 bridgehead atoms. The van der Waals surface area contributed by atoms with Gasteiger partial charge in [-0.1, -0.05) is 10.4 Å². The Morgan fingerprint density at radius 2 is 0.719 bits per heavy atom. The summed E-state index contributed by atoms with van der Waals surface area (Å²) in [5.41, 5.74) is 1.54. The predicted octanol–water partition coefficient (Wildman–Crippen LogP) is -3.65. The lowest BCUT2D eigenvalue weighted by Gasteiger charge is -2.36. The van der Waals surface area contributed by atoms with E-state index < -0.39 is 67.0 Å². The third-order valence-corrected chi connectivity index (χ3v) is 15.1. The molecule has 1 aliphatic carbocycles. The molecule has 5 fully saturated rings. The van der Waals surface area contributed by atoms with E-state index in [0.717, 1.165) is 21.2 Å². The van der Waals surface area contributed by atoms with E-state index in [9.17, 15) is 36.0 Å².